The largest absolute Gasteiger partial charge is 0.480 e. The Balaban J connectivity index is 1.49. The van der Waals surface area contributed by atoms with Crippen LogP contribution in [0.15, 0.2) is 72.9 Å². The van der Waals surface area contributed by atoms with Crippen LogP contribution in [0.1, 0.15) is 69.2 Å². The minimum absolute atomic E-state index is 0.0600. The standard InChI is InChI=1S/C46H60N8O11/c1-29(2)41(44(61)54-24-12-17-37(54)45(62)65-5)52-43(60)36(26-40(58)64-4)50-42(59)35(16-9-11-23-53(28-39(56)57)27-33-14-8-10-22-47-33)49-38(55)25-31-18-20-32(21-19-31)48-46(63)51-34-15-7-6-13-30(34)3/h6-8,10,13-15,18-22,29,35-37,41H,9,11-12,16-17,23-28H2,1-5H3,(H,49,55)(H,50,59)(H,52,60)(H,56,57)(H2,48,51,63)/t35-,36-,37-,41-/m0/s1. The highest BCUT2D eigenvalue weighted by atomic mass is 16.5. The number of carbonyl (C=O) groups excluding carboxylic acids is 7. The Hall–Kier alpha value is -6.89. The van der Waals surface area contributed by atoms with E-state index in [9.17, 15) is 43.5 Å². The molecule has 350 valence electrons. The molecule has 0 unspecified atom stereocenters. The summed E-state index contributed by atoms with van der Waals surface area (Å²) in [5, 5.41) is 23.1. The van der Waals surface area contributed by atoms with Crippen LogP contribution in [0.5, 0.6) is 0 Å². The highest BCUT2D eigenvalue weighted by Crippen LogP contribution is 2.22. The molecular formula is C46H60N8O11. The van der Waals surface area contributed by atoms with Crippen LogP contribution in [-0.2, 0) is 56.0 Å². The highest BCUT2D eigenvalue weighted by Gasteiger charge is 2.40. The first-order valence-electron chi connectivity index (χ1n) is 21.5. The molecule has 6 amide bonds. The Kier molecular flexibility index (Phi) is 19.8. The number of unbranched alkanes of at least 4 members (excludes halogenated alkanes) is 1. The molecule has 1 fully saturated rings. The molecule has 1 saturated heterocycles. The molecule has 2 aromatic carbocycles. The van der Waals surface area contributed by atoms with Crippen LogP contribution < -0.4 is 26.6 Å². The number of carbonyl (C=O) groups is 8. The van der Waals surface area contributed by atoms with E-state index in [1.54, 1.807) is 73.5 Å². The number of esters is 2. The van der Waals surface area contributed by atoms with Gasteiger partial charge in [-0.05, 0) is 92.9 Å². The molecule has 65 heavy (non-hydrogen) atoms. The second kappa shape index (κ2) is 25.4. The molecule has 0 aliphatic carbocycles. The summed E-state index contributed by atoms with van der Waals surface area (Å²) in [5.41, 5.74) is 3.24. The van der Waals surface area contributed by atoms with E-state index in [4.69, 9.17) is 9.47 Å². The fourth-order valence-electron chi connectivity index (χ4n) is 7.30. The number of hydrogen-bond donors (Lipinski definition) is 6. The number of aryl methyl sites for hydroxylation is 1. The SMILES string of the molecule is COC(=O)C[C@H](NC(=O)[C@H](CCCCN(CC(=O)O)Cc1ccccn1)NC(=O)Cc1ccc(NC(=O)Nc2ccccc2C)cc1)C(=O)N[C@H](C(=O)N1CCC[C@H]1C(=O)OC)C(C)C. The predicted molar refractivity (Wildman–Crippen MR) is 239 cm³/mol. The van der Waals surface area contributed by atoms with Crippen molar-refractivity contribution >= 4 is 58.9 Å². The van der Waals surface area contributed by atoms with E-state index in [0.29, 0.717) is 54.9 Å². The number of benzene rings is 2. The van der Waals surface area contributed by atoms with Crippen LogP contribution in [-0.4, -0.2) is 125 Å². The molecule has 6 N–H and O–H groups in total. The van der Waals surface area contributed by atoms with Crippen LogP contribution in [0.25, 0.3) is 0 Å². The third kappa shape index (κ3) is 16.3. The number of aromatic nitrogens is 1. The number of hydrogen-bond acceptors (Lipinski definition) is 12. The first-order valence-corrected chi connectivity index (χ1v) is 21.5. The minimum Gasteiger partial charge on any atom is -0.480 e. The van der Waals surface area contributed by atoms with Crippen molar-refractivity contribution in [1.29, 1.82) is 0 Å². The summed E-state index contributed by atoms with van der Waals surface area (Å²) in [7, 11) is 2.35. The Labute approximate surface area is 378 Å². The molecular weight excluding hydrogens is 841 g/mol. The number of aliphatic carboxylic acids is 1. The van der Waals surface area contributed by atoms with Crippen molar-refractivity contribution in [3.8, 4) is 0 Å². The Morgan fingerprint density at radius 3 is 2.20 bits per heavy atom. The van der Waals surface area contributed by atoms with Gasteiger partial charge in [0.15, 0.2) is 0 Å². The van der Waals surface area contributed by atoms with E-state index < -0.39 is 84.1 Å². The number of likely N-dealkylation sites (tertiary alicyclic amines) is 1. The van der Waals surface area contributed by atoms with Gasteiger partial charge in [0.05, 0.1) is 39.3 Å². The average molecular weight is 901 g/mol. The van der Waals surface area contributed by atoms with E-state index in [1.807, 2.05) is 25.1 Å². The number of para-hydroxylation sites is 1. The molecule has 1 aromatic heterocycles. The maximum atomic E-state index is 14.1. The van der Waals surface area contributed by atoms with Gasteiger partial charge in [-0.2, -0.15) is 0 Å². The molecule has 0 radical (unpaired) electrons. The normalized spacial score (nSPS) is 14.7. The number of urea groups is 1. The lowest BCUT2D eigenvalue weighted by molar-refractivity contribution is -0.152. The number of ether oxygens (including phenoxy) is 2. The summed E-state index contributed by atoms with van der Waals surface area (Å²) >= 11 is 0. The van der Waals surface area contributed by atoms with E-state index in [1.165, 1.54) is 12.0 Å². The lowest BCUT2D eigenvalue weighted by atomic mass is 10.0. The molecule has 0 spiro atoms. The fourth-order valence-corrected chi connectivity index (χ4v) is 7.30. The first-order chi connectivity index (χ1) is 31.1. The third-order valence-corrected chi connectivity index (χ3v) is 10.8. The van der Waals surface area contributed by atoms with Gasteiger partial charge in [-0.15, -0.1) is 0 Å². The van der Waals surface area contributed by atoms with Gasteiger partial charge in [0.2, 0.25) is 23.6 Å². The van der Waals surface area contributed by atoms with Crippen molar-refractivity contribution in [2.24, 2.45) is 5.92 Å². The first kappa shape index (κ1) is 50.8. The Morgan fingerprint density at radius 2 is 1.55 bits per heavy atom. The molecule has 19 heteroatoms. The molecule has 4 rings (SSSR count). The topological polar surface area (TPSA) is 255 Å². The molecule has 0 saturated carbocycles. The summed E-state index contributed by atoms with van der Waals surface area (Å²) in [4.78, 5) is 112. The number of carboxylic acids is 1. The summed E-state index contributed by atoms with van der Waals surface area (Å²) < 4.78 is 9.71. The maximum absolute atomic E-state index is 14.1. The monoisotopic (exact) mass is 900 g/mol. The predicted octanol–water partition coefficient (Wildman–Crippen LogP) is 3.17. The summed E-state index contributed by atoms with van der Waals surface area (Å²) in [5.74, 6) is -5.64. The van der Waals surface area contributed by atoms with Crippen molar-refractivity contribution in [1.82, 2.24) is 30.7 Å². The van der Waals surface area contributed by atoms with Gasteiger partial charge in [0.1, 0.15) is 24.2 Å². The smallest absolute Gasteiger partial charge is 0.328 e. The molecule has 3 aromatic rings. The lowest BCUT2D eigenvalue weighted by Crippen LogP contribution is -2.59. The van der Waals surface area contributed by atoms with Crippen LogP contribution in [0, 0.1) is 12.8 Å². The van der Waals surface area contributed by atoms with E-state index in [2.05, 4.69) is 31.6 Å². The van der Waals surface area contributed by atoms with Gasteiger partial charge in [-0.25, -0.2) is 9.59 Å². The third-order valence-electron chi connectivity index (χ3n) is 10.8. The van der Waals surface area contributed by atoms with Crippen molar-refractivity contribution < 1.29 is 52.9 Å². The number of nitrogens with zero attached hydrogens (tertiary/aromatic N) is 3. The van der Waals surface area contributed by atoms with Gasteiger partial charge >= 0.3 is 23.9 Å². The number of methoxy groups -OCH3 is 2. The molecule has 1 aliphatic rings. The van der Waals surface area contributed by atoms with E-state index in [-0.39, 0.29) is 32.5 Å². The van der Waals surface area contributed by atoms with E-state index in [0.717, 1.165) is 12.7 Å². The number of pyridine rings is 1. The highest BCUT2D eigenvalue weighted by molar-refractivity contribution is 6.00. The van der Waals surface area contributed by atoms with Gasteiger partial charge in [-0.1, -0.05) is 50.2 Å². The fraction of sp³-hybridized carbons (Fsp3) is 0.457. The average Bonchev–Trinajstić information content (AvgIpc) is 3.77. The van der Waals surface area contributed by atoms with Gasteiger partial charge in [0, 0.05) is 30.7 Å². The summed E-state index contributed by atoms with van der Waals surface area (Å²) in [6.07, 6.45) is 2.59. The van der Waals surface area contributed by atoms with Crippen molar-refractivity contribution in [2.45, 2.75) is 96.4 Å². The van der Waals surface area contributed by atoms with Gasteiger partial charge in [0.25, 0.3) is 0 Å². The maximum Gasteiger partial charge on any atom is 0.328 e. The number of carboxylic acid groups (broad SMARTS) is 1. The van der Waals surface area contributed by atoms with Crippen molar-refractivity contribution in [2.75, 3.05) is 44.5 Å². The zero-order valence-corrected chi connectivity index (χ0v) is 37.5. The molecule has 19 nitrogen and oxygen atoms in total. The van der Waals surface area contributed by atoms with Gasteiger partial charge in [-0.3, -0.25) is 38.7 Å². The van der Waals surface area contributed by atoms with Crippen LogP contribution in [0.3, 0.4) is 0 Å². The van der Waals surface area contributed by atoms with E-state index >= 15 is 0 Å². The molecule has 2 heterocycles. The molecule has 0 bridgehead atoms. The van der Waals surface area contributed by atoms with Gasteiger partial charge < -0.3 is 46.1 Å². The molecule has 4 atom stereocenters. The minimum atomic E-state index is -1.54. The number of anilines is 2. The molecule has 1 aliphatic heterocycles. The lowest BCUT2D eigenvalue weighted by Gasteiger charge is -2.31. The zero-order valence-electron chi connectivity index (χ0n) is 37.5. The number of nitrogens with one attached hydrogen (secondary N) is 5. The number of amides is 6. The van der Waals surface area contributed by atoms with Crippen LogP contribution in [0.4, 0.5) is 16.2 Å². The summed E-state index contributed by atoms with van der Waals surface area (Å²) in [6, 6.07) is 14.0. The Bertz CT molecular complexity index is 2120. The van der Waals surface area contributed by atoms with Crippen LogP contribution >= 0.6 is 0 Å². The van der Waals surface area contributed by atoms with Crippen LogP contribution in [0.2, 0.25) is 0 Å². The Morgan fingerprint density at radius 1 is 0.846 bits per heavy atom. The number of rotatable bonds is 23. The zero-order chi connectivity index (χ0) is 47.5. The second-order valence-corrected chi connectivity index (χ2v) is 16.1. The van der Waals surface area contributed by atoms with Crippen molar-refractivity contribution in [3.63, 3.8) is 0 Å². The summed E-state index contributed by atoms with van der Waals surface area (Å²) in [6.45, 7) is 5.87. The second-order valence-electron chi connectivity index (χ2n) is 16.1. The quantitative estimate of drug-likeness (QED) is 0.0592. The van der Waals surface area contributed by atoms with Crippen molar-refractivity contribution in [3.05, 3.63) is 89.7 Å².